The van der Waals surface area contributed by atoms with Crippen LogP contribution in [-0.2, 0) is 23.9 Å². The van der Waals surface area contributed by atoms with Crippen LogP contribution in [0.2, 0.25) is 0 Å². The summed E-state index contributed by atoms with van der Waals surface area (Å²) in [5, 5.41) is 0. The maximum Gasteiger partial charge on any atom is 0.341 e. The van der Waals surface area contributed by atoms with Gasteiger partial charge in [0.1, 0.15) is 11.3 Å². The standard InChI is InChI=1S/C30H40O7/c1-6-23-28(33)24(21(3)27(32)29(23)35-5)15-13-11-9-7-8-10-12-14-18-36-30(34)25-17-16-20(2)19-26(25)37-22(4)31/h16-17,19H,6-15,18H2,1-5H3. The van der Waals surface area contributed by atoms with E-state index in [9.17, 15) is 19.2 Å². The molecule has 0 spiro atoms. The van der Waals surface area contributed by atoms with Crippen LogP contribution in [0.15, 0.2) is 40.7 Å². The monoisotopic (exact) mass is 512 g/mol. The Hall–Kier alpha value is -3.22. The molecule has 0 N–H and O–H groups in total. The summed E-state index contributed by atoms with van der Waals surface area (Å²) < 4.78 is 15.7. The number of unbranched alkanes of at least 4 members (excludes halogenated alkanes) is 7. The van der Waals surface area contributed by atoms with Crippen molar-refractivity contribution in [1.82, 2.24) is 0 Å². The van der Waals surface area contributed by atoms with E-state index in [1.165, 1.54) is 14.0 Å². The number of carbonyl (C=O) groups is 4. The Morgan fingerprint density at radius 3 is 2.05 bits per heavy atom. The molecule has 0 unspecified atom stereocenters. The number of ether oxygens (including phenoxy) is 3. The number of esters is 2. The molecular weight excluding hydrogens is 472 g/mol. The molecule has 1 aromatic rings. The predicted molar refractivity (Wildman–Crippen MR) is 141 cm³/mol. The van der Waals surface area contributed by atoms with Gasteiger partial charge in [0.05, 0.1) is 13.7 Å². The summed E-state index contributed by atoms with van der Waals surface area (Å²) in [6.45, 7) is 7.07. The van der Waals surface area contributed by atoms with Gasteiger partial charge in [0.25, 0.3) is 0 Å². The van der Waals surface area contributed by atoms with Crippen molar-refractivity contribution in [1.29, 1.82) is 0 Å². The minimum atomic E-state index is -0.486. The Morgan fingerprint density at radius 2 is 1.46 bits per heavy atom. The van der Waals surface area contributed by atoms with Crippen molar-refractivity contribution in [2.45, 2.75) is 91.9 Å². The molecule has 37 heavy (non-hydrogen) atoms. The zero-order valence-electron chi connectivity index (χ0n) is 22.9. The van der Waals surface area contributed by atoms with Crippen LogP contribution >= 0.6 is 0 Å². The molecule has 1 aliphatic carbocycles. The Bertz CT molecular complexity index is 1060. The third kappa shape index (κ3) is 8.69. The first-order chi connectivity index (χ1) is 17.7. The van der Waals surface area contributed by atoms with Crippen LogP contribution in [0.5, 0.6) is 5.75 Å². The minimum Gasteiger partial charge on any atom is -0.492 e. The summed E-state index contributed by atoms with van der Waals surface area (Å²) in [4.78, 5) is 48.9. The van der Waals surface area contributed by atoms with Gasteiger partial charge in [-0.3, -0.25) is 14.4 Å². The van der Waals surface area contributed by atoms with Crippen molar-refractivity contribution in [3.8, 4) is 5.75 Å². The fourth-order valence-electron chi connectivity index (χ4n) is 4.48. The Kier molecular flexibility index (Phi) is 12.3. The zero-order chi connectivity index (χ0) is 27.4. The molecule has 0 aromatic heterocycles. The average Bonchev–Trinajstić information content (AvgIpc) is 2.85. The minimum absolute atomic E-state index is 0.0397. The molecule has 7 nitrogen and oxygen atoms in total. The lowest BCUT2D eigenvalue weighted by Gasteiger charge is -2.20. The van der Waals surface area contributed by atoms with Gasteiger partial charge in [-0.05, 0) is 57.2 Å². The zero-order valence-corrected chi connectivity index (χ0v) is 22.9. The second-order valence-corrected chi connectivity index (χ2v) is 9.43. The molecule has 0 amide bonds. The number of Topliss-reactive ketones (excluding diaryl/α,β-unsaturated/α-hetero) is 2. The fourth-order valence-corrected chi connectivity index (χ4v) is 4.48. The number of ketones is 2. The second-order valence-electron chi connectivity index (χ2n) is 9.43. The summed E-state index contributed by atoms with van der Waals surface area (Å²) in [5.41, 5.74) is 2.79. The molecule has 0 saturated heterocycles. The molecule has 2 rings (SSSR count). The van der Waals surface area contributed by atoms with E-state index in [1.54, 1.807) is 25.1 Å². The third-order valence-corrected chi connectivity index (χ3v) is 6.54. The largest absolute Gasteiger partial charge is 0.492 e. The summed E-state index contributed by atoms with van der Waals surface area (Å²) in [7, 11) is 1.44. The van der Waals surface area contributed by atoms with E-state index in [2.05, 4.69) is 0 Å². The van der Waals surface area contributed by atoms with E-state index in [0.717, 1.165) is 56.9 Å². The third-order valence-electron chi connectivity index (χ3n) is 6.54. The van der Waals surface area contributed by atoms with E-state index >= 15 is 0 Å². The molecule has 202 valence electrons. The summed E-state index contributed by atoms with van der Waals surface area (Å²) in [5.74, 6) is -0.742. The lowest BCUT2D eigenvalue weighted by atomic mass is 9.85. The maximum absolute atomic E-state index is 12.8. The normalized spacial score (nSPS) is 13.8. The molecule has 0 aliphatic heterocycles. The number of allylic oxidation sites excluding steroid dienone is 3. The number of hydrogen-bond acceptors (Lipinski definition) is 7. The number of rotatable bonds is 15. The van der Waals surface area contributed by atoms with Gasteiger partial charge < -0.3 is 14.2 Å². The molecule has 0 heterocycles. The van der Waals surface area contributed by atoms with Gasteiger partial charge in [-0.2, -0.15) is 0 Å². The van der Waals surface area contributed by atoms with Crippen LogP contribution in [0, 0.1) is 6.92 Å². The lowest BCUT2D eigenvalue weighted by molar-refractivity contribution is -0.131. The first-order valence-corrected chi connectivity index (χ1v) is 13.2. The number of aryl methyl sites for hydroxylation is 1. The predicted octanol–water partition coefficient (Wildman–Crippen LogP) is 6.37. The maximum atomic E-state index is 12.8. The van der Waals surface area contributed by atoms with Crippen LogP contribution in [-0.4, -0.2) is 37.2 Å². The summed E-state index contributed by atoms with van der Waals surface area (Å²) in [6, 6.07) is 5.05. The van der Waals surface area contributed by atoms with Crippen LogP contribution in [0.25, 0.3) is 0 Å². The van der Waals surface area contributed by atoms with Gasteiger partial charge in [0.2, 0.25) is 5.78 Å². The Morgan fingerprint density at radius 1 is 0.838 bits per heavy atom. The summed E-state index contributed by atoms with van der Waals surface area (Å²) in [6.07, 6.45) is 9.10. The number of hydrogen-bond donors (Lipinski definition) is 0. The topological polar surface area (TPSA) is 96.0 Å². The van der Waals surface area contributed by atoms with Gasteiger partial charge in [0.15, 0.2) is 11.5 Å². The van der Waals surface area contributed by atoms with Gasteiger partial charge in [-0.25, -0.2) is 4.79 Å². The highest BCUT2D eigenvalue weighted by Crippen LogP contribution is 2.30. The molecule has 0 fully saturated rings. The van der Waals surface area contributed by atoms with Gasteiger partial charge in [-0.1, -0.05) is 51.5 Å². The molecule has 0 atom stereocenters. The number of benzene rings is 1. The van der Waals surface area contributed by atoms with Crippen molar-refractivity contribution in [3.63, 3.8) is 0 Å². The first-order valence-electron chi connectivity index (χ1n) is 13.2. The molecule has 1 aromatic carbocycles. The molecule has 0 bridgehead atoms. The van der Waals surface area contributed by atoms with Crippen molar-refractivity contribution in [3.05, 3.63) is 51.8 Å². The Labute approximate surface area is 220 Å². The highest BCUT2D eigenvalue weighted by atomic mass is 16.5. The van der Waals surface area contributed by atoms with E-state index in [4.69, 9.17) is 14.2 Å². The molecule has 0 saturated carbocycles. The Balaban J connectivity index is 1.60. The molecule has 1 aliphatic rings. The smallest absolute Gasteiger partial charge is 0.341 e. The van der Waals surface area contributed by atoms with E-state index in [0.29, 0.717) is 36.2 Å². The lowest BCUT2D eigenvalue weighted by Crippen LogP contribution is -2.23. The van der Waals surface area contributed by atoms with Crippen LogP contribution in [0.4, 0.5) is 0 Å². The highest BCUT2D eigenvalue weighted by molar-refractivity contribution is 6.24. The van der Waals surface area contributed by atoms with Crippen LogP contribution in [0.1, 0.15) is 101 Å². The summed E-state index contributed by atoms with van der Waals surface area (Å²) >= 11 is 0. The van der Waals surface area contributed by atoms with Gasteiger partial charge >= 0.3 is 11.9 Å². The number of carbonyl (C=O) groups excluding carboxylic acids is 4. The fraction of sp³-hybridized carbons (Fsp3) is 0.533. The van der Waals surface area contributed by atoms with Crippen LogP contribution < -0.4 is 4.74 Å². The SMILES string of the molecule is CCC1=C(OC)C(=O)C(C)=C(CCCCCCCCCCOC(=O)c2ccc(C)cc2OC(C)=O)C1=O. The second kappa shape index (κ2) is 15.1. The first kappa shape index (κ1) is 30.0. The van der Waals surface area contributed by atoms with Crippen molar-refractivity contribution < 1.29 is 33.4 Å². The van der Waals surface area contributed by atoms with Crippen LogP contribution in [0.3, 0.4) is 0 Å². The van der Waals surface area contributed by atoms with Crippen molar-refractivity contribution >= 4 is 23.5 Å². The van der Waals surface area contributed by atoms with Crippen molar-refractivity contribution in [2.75, 3.05) is 13.7 Å². The highest BCUT2D eigenvalue weighted by Gasteiger charge is 2.31. The quantitative estimate of drug-likeness (QED) is 0.117. The van der Waals surface area contributed by atoms with E-state index in [-0.39, 0.29) is 28.6 Å². The average molecular weight is 513 g/mol. The van der Waals surface area contributed by atoms with Gasteiger partial charge in [0, 0.05) is 23.6 Å². The van der Waals surface area contributed by atoms with E-state index < -0.39 is 11.9 Å². The molecule has 0 radical (unpaired) electrons. The van der Waals surface area contributed by atoms with E-state index in [1.807, 2.05) is 13.8 Å². The number of methoxy groups -OCH3 is 1. The van der Waals surface area contributed by atoms with Gasteiger partial charge in [-0.15, -0.1) is 0 Å². The van der Waals surface area contributed by atoms with Crippen molar-refractivity contribution in [2.24, 2.45) is 0 Å². The molecule has 7 heteroatoms. The molecular formula is C30H40O7.